The number of rotatable bonds is 4. The summed E-state index contributed by atoms with van der Waals surface area (Å²) in [4.78, 5) is 2.35. The Bertz CT molecular complexity index is 569. The van der Waals surface area contributed by atoms with Crippen molar-refractivity contribution in [3.8, 4) is 0 Å². The molecule has 0 aliphatic rings. The summed E-state index contributed by atoms with van der Waals surface area (Å²) in [6.07, 6.45) is 0. The zero-order valence-corrected chi connectivity index (χ0v) is 12.6. The lowest BCUT2D eigenvalue weighted by Crippen LogP contribution is -2.18. The van der Waals surface area contributed by atoms with Crippen molar-refractivity contribution >= 4 is 0 Å². The average molecular weight is 257 g/mol. The standard InChI is InChI=1S/C16H23N3/c1-12-8-6-7-9-15(12)10-18(4)11-16-13(2)17-19(5)14(16)3/h6-9H,10-11H2,1-5H3. The molecule has 0 aliphatic heterocycles. The molecule has 0 spiro atoms. The molecule has 1 aromatic carbocycles. The van der Waals surface area contributed by atoms with Crippen LogP contribution in [0.15, 0.2) is 24.3 Å². The lowest BCUT2D eigenvalue weighted by Gasteiger charge is -2.18. The second-order valence-corrected chi connectivity index (χ2v) is 5.37. The van der Waals surface area contributed by atoms with Crippen LogP contribution in [0, 0.1) is 20.8 Å². The van der Waals surface area contributed by atoms with Gasteiger partial charge in [-0.05, 0) is 38.9 Å². The molecule has 0 fully saturated rings. The van der Waals surface area contributed by atoms with Gasteiger partial charge in [0.2, 0.25) is 0 Å². The Labute approximate surface area is 115 Å². The largest absolute Gasteiger partial charge is 0.298 e. The summed E-state index contributed by atoms with van der Waals surface area (Å²) in [7, 11) is 4.17. The molecule has 1 aromatic heterocycles. The smallest absolute Gasteiger partial charge is 0.0641 e. The number of hydrogen-bond donors (Lipinski definition) is 0. The maximum atomic E-state index is 4.48. The second kappa shape index (κ2) is 5.57. The third-order valence-electron chi connectivity index (χ3n) is 3.79. The van der Waals surface area contributed by atoms with E-state index in [1.807, 2.05) is 11.7 Å². The number of aromatic nitrogens is 2. The Morgan fingerprint density at radius 2 is 1.79 bits per heavy atom. The quantitative estimate of drug-likeness (QED) is 0.839. The molecule has 0 radical (unpaired) electrons. The van der Waals surface area contributed by atoms with Crippen molar-refractivity contribution in [1.82, 2.24) is 14.7 Å². The molecule has 1 heterocycles. The highest BCUT2D eigenvalue weighted by atomic mass is 15.3. The SMILES string of the molecule is Cc1ccccc1CN(C)Cc1c(C)nn(C)c1C. The van der Waals surface area contributed by atoms with Crippen molar-refractivity contribution in [2.75, 3.05) is 7.05 Å². The first kappa shape index (κ1) is 13.8. The van der Waals surface area contributed by atoms with Crippen molar-refractivity contribution in [3.63, 3.8) is 0 Å². The summed E-state index contributed by atoms with van der Waals surface area (Å²) in [6, 6.07) is 8.57. The van der Waals surface area contributed by atoms with Gasteiger partial charge in [-0.1, -0.05) is 24.3 Å². The second-order valence-electron chi connectivity index (χ2n) is 5.37. The Kier molecular flexibility index (Phi) is 4.05. The molecule has 0 saturated heterocycles. The highest BCUT2D eigenvalue weighted by molar-refractivity contribution is 5.27. The maximum absolute atomic E-state index is 4.48. The summed E-state index contributed by atoms with van der Waals surface area (Å²) >= 11 is 0. The zero-order valence-electron chi connectivity index (χ0n) is 12.6. The fraction of sp³-hybridized carbons (Fsp3) is 0.438. The van der Waals surface area contributed by atoms with Crippen molar-refractivity contribution in [1.29, 1.82) is 0 Å². The predicted octanol–water partition coefficient (Wildman–Crippen LogP) is 2.98. The van der Waals surface area contributed by atoms with Crippen LogP contribution in [-0.4, -0.2) is 21.7 Å². The van der Waals surface area contributed by atoms with E-state index in [1.165, 1.54) is 22.4 Å². The fourth-order valence-corrected chi connectivity index (χ4v) is 2.45. The third-order valence-corrected chi connectivity index (χ3v) is 3.79. The first-order valence-electron chi connectivity index (χ1n) is 6.71. The van der Waals surface area contributed by atoms with Crippen LogP contribution >= 0.6 is 0 Å². The van der Waals surface area contributed by atoms with Gasteiger partial charge in [-0.25, -0.2) is 0 Å². The van der Waals surface area contributed by atoms with Gasteiger partial charge in [0.15, 0.2) is 0 Å². The van der Waals surface area contributed by atoms with E-state index in [-0.39, 0.29) is 0 Å². The van der Waals surface area contributed by atoms with Gasteiger partial charge in [0, 0.05) is 31.4 Å². The van der Waals surface area contributed by atoms with Crippen molar-refractivity contribution < 1.29 is 0 Å². The summed E-state index contributed by atoms with van der Waals surface area (Å²) in [5, 5.41) is 4.48. The van der Waals surface area contributed by atoms with Crippen molar-refractivity contribution in [3.05, 3.63) is 52.3 Å². The van der Waals surface area contributed by atoms with Crippen LogP contribution in [0.25, 0.3) is 0 Å². The molecule has 19 heavy (non-hydrogen) atoms. The van der Waals surface area contributed by atoms with Gasteiger partial charge in [-0.3, -0.25) is 9.58 Å². The molecule has 0 N–H and O–H groups in total. The van der Waals surface area contributed by atoms with Crippen molar-refractivity contribution in [2.24, 2.45) is 7.05 Å². The lowest BCUT2D eigenvalue weighted by atomic mass is 10.1. The van der Waals surface area contributed by atoms with E-state index in [4.69, 9.17) is 0 Å². The average Bonchev–Trinajstić information content (AvgIpc) is 2.59. The summed E-state index contributed by atoms with van der Waals surface area (Å²) in [6.45, 7) is 8.31. The van der Waals surface area contributed by atoms with Crippen LogP contribution in [-0.2, 0) is 20.1 Å². The normalized spacial score (nSPS) is 11.3. The monoisotopic (exact) mass is 257 g/mol. The summed E-state index contributed by atoms with van der Waals surface area (Å²) < 4.78 is 1.96. The van der Waals surface area contributed by atoms with E-state index in [0.717, 1.165) is 18.8 Å². The fourth-order valence-electron chi connectivity index (χ4n) is 2.45. The van der Waals surface area contributed by atoms with E-state index in [2.05, 4.69) is 62.1 Å². The predicted molar refractivity (Wildman–Crippen MR) is 79.0 cm³/mol. The van der Waals surface area contributed by atoms with E-state index in [9.17, 15) is 0 Å². The van der Waals surface area contributed by atoms with Crippen LogP contribution in [0.1, 0.15) is 28.1 Å². The van der Waals surface area contributed by atoms with Gasteiger partial charge in [0.25, 0.3) is 0 Å². The van der Waals surface area contributed by atoms with Gasteiger partial charge >= 0.3 is 0 Å². The van der Waals surface area contributed by atoms with Gasteiger partial charge in [0.05, 0.1) is 5.69 Å². The van der Waals surface area contributed by atoms with Crippen LogP contribution in [0.3, 0.4) is 0 Å². The molecule has 0 amide bonds. The van der Waals surface area contributed by atoms with Crippen LogP contribution < -0.4 is 0 Å². The Hall–Kier alpha value is -1.61. The van der Waals surface area contributed by atoms with Gasteiger partial charge in [-0.15, -0.1) is 0 Å². The minimum absolute atomic E-state index is 0.944. The number of aryl methyl sites for hydroxylation is 3. The molecule has 2 rings (SSSR count). The molecule has 0 saturated carbocycles. The van der Waals surface area contributed by atoms with E-state index in [1.54, 1.807) is 0 Å². The first-order valence-corrected chi connectivity index (χ1v) is 6.71. The summed E-state index contributed by atoms with van der Waals surface area (Å²) in [5.74, 6) is 0. The number of nitrogens with zero attached hydrogens (tertiary/aromatic N) is 3. The molecule has 2 aromatic rings. The minimum Gasteiger partial charge on any atom is -0.298 e. The van der Waals surface area contributed by atoms with Gasteiger partial charge in [-0.2, -0.15) is 5.10 Å². The molecule has 102 valence electrons. The van der Waals surface area contributed by atoms with E-state index in [0.29, 0.717) is 0 Å². The number of benzene rings is 1. The summed E-state index contributed by atoms with van der Waals surface area (Å²) in [5.41, 5.74) is 6.49. The Balaban J connectivity index is 2.10. The molecule has 0 aliphatic carbocycles. The molecule has 0 atom stereocenters. The molecule has 0 bridgehead atoms. The topological polar surface area (TPSA) is 21.1 Å². The zero-order chi connectivity index (χ0) is 14.0. The maximum Gasteiger partial charge on any atom is 0.0641 e. The number of hydrogen-bond acceptors (Lipinski definition) is 2. The first-order chi connectivity index (χ1) is 8.99. The van der Waals surface area contributed by atoms with Crippen LogP contribution in [0.5, 0.6) is 0 Å². The van der Waals surface area contributed by atoms with E-state index < -0.39 is 0 Å². The van der Waals surface area contributed by atoms with Crippen molar-refractivity contribution in [2.45, 2.75) is 33.9 Å². The lowest BCUT2D eigenvalue weighted by molar-refractivity contribution is 0.317. The highest BCUT2D eigenvalue weighted by Gasteiger charge is 2.12. The Morgan fingerprint density at radius 1 is 1.11 bits per heavy atom. The van der Waals surface area contributed by atoms with Gasteiger partial charge < -0.3 is 0 Å². The van der Waals surface area contributed by atoms with E-state index >= 15 is 0 Å². The molecule has 3 heteroatoms. The van der Waals surface area contributed by atoms with Crippen LogP contribution in [0.4, 0.5) is 0 Å². The minimum atomic E-state index is 0.944. The molecular formula is C16H23N3. The van der Waals surface area contributed by atoms with Gasteiger partial charge in [0.1, 0.15) is 0 Å². The van der Waals surface area contributed by atoms with Crippen LogP contribution in [0.2, 0.25) is 0 Å². The highest BCUT2D eigenvalue weighted by Crippen LogP contribution is 2.16. The molecule has 3 nitrogen and oxygen atoms in total. The molecule has 0 unspecified atom stereocenters. The molecular weight excluding hydrogens is 234 g/mol. The Morgan fingerprint density at radius 3 is 2.37 bits per heavy atom. The third kappa shape index (κ3) is 3.04.